The summed E-state index contributed by atoms with van der Waals surface area (Å²) < 4.78 is 28.1. The molecule has 0 amide bonds. The van der Waals surface area contributed by atoms with E-state index < -0.39 is 0 Å². The van der Waals surface area contributed by atoms with E-state index >= 15 is 0 Å². The zero-order chi connectivity index (χ0) is 21.0. The highest BCUT2D eigenvalue weighted by Crippen LogP contribution is 2.20. The second-order valence-electron chi connectivity index (χ2n) is 7.57. The summed E-state index contributed by atoms with van der Waals surface area (Å²) in [5.74, 6) is -0.263. The predicted molar refractivity (Wildman–Crippen MR) is 112 cm³/mol. The van der Waals surface area contributed by atoms with E-state index in [1.54, 1.807) is 23.0 Å². The van der Waals surface area contributed by atoms with Gasteiger partial charge in [0.2, 0.25) is 0 Å². The van der Waals surface area contributed by atoms with Gasteiger partial charge in [-0.1, -0.05) is 17.3 Å². The van der Waals surface area contributed by atoms with E-state index in [-0.39, 0.29) is 12.1 Å². The molecule has 1 aliphatic heterocycles. The minimum atomic E-state index is -0.263. The Bertz CT molecular complexity index is 1150. The second kappa shape index (κ2) is 8.91. The van der Waals surface area contributed by atoms with E-state index in [4.69, 9.17) is 14.5 Å². The number of hydrogen-bond donors (Lipinski definition) is 0. The monoisotopic (exact) mass is 422 g/mol. The van der Waals surface area contributed by atoms with Crippen LogP contribution in [0.1, 0.15) is 24.8 Å². The Labute approximate surface area is 178 Å². The maximum atomic E-state index is 13.2. The Morgan fingerprint density at radius 3 is 2.87 bits per heavy atom. The molecule has 1 atom stereocenters. The largest absolute Gasteiger partial charge is 0.353 e. The third-order valence-electron chi connectivity index (χ3n) is 5.30. The first-order valence-electron chi connectivity index (χ1n) is 10.5. The number of ether oxygens (including phenoxy) is 2. The Balaban J connectivity index is 1.28. The van der Waals surface area contributed by atoms with Crippen molar-refractivity contribution in [2.45, 2.75) is 38.6 Å². The average Bonchev–Trinajstić information content (AvgIpc) is 3.43. The van der Waals surface area contributed by atoms with Gasteiger partial charge in [-0.05, 0) is 49.1 Å². The van der Waals surface area contributed by atoms with E-state index in [2.05, 4.69) is 15.4 Å². The van der Waals surface area contributed by atoms with Crippen LogP contribution in [0.4, 0.5) is 4.39 Å². The van der Waals surface area contributed by atoms with Crippen LogP contribution in [-0.2, 0) is 22.6 Å². The van der Waals surface area contributed by atoms with Gasteiger partial charge in [0, 0.05) is 18.4 Å². The van der Waals surface area contributed by atoms with Crippen molar-refractivity contribution in [1.29, 1.82) is 0 Å². The predicted octanol–water partition coefficient (Wildman–Crippen LogP) is 3.42. The molecule has 5 rings (SSSR count). The first-order chi connectivity index (χ1) is 15.2. The molecule has 1 aromatic carbocycles. The van der Waals surface area contributed by atoms with Crippen molar-refractivity contribution in [1.82, 2.24) is 29.8 Å². The number of nitrogens with zero attached hydrogens (tertiary/aromatic N) is 6. The van der Waals surface area contributed by atoms with Gasteiger partial charge >= 0.3 is 0 Å². The summed E-state index contributed by atoms with van der Waals surface area (Å²) in [7, 11) is 0. The molecule has 3 aromatic heterocycles. The Morgan fingerprint density at radius 2 is 2.03 bits per heavy atom. The number of pyridine rings is 1. The molecule has 1 saturated heterocycles. The molecule has 0 saturated carbocycles. The molecule has 31 heavy (non-hydrogen) atoms. The van der Waals surface area contributed by atoms with Gasteiger partial charge < -0.3 is 9.47 Å². The molecule has 1 aliphatic rings. The summed E-state index contributed by atoms with van der Waals surface area (Å²) >= 11 is 0. The van der Waals surface area contributed by atoms with Gasteiger partial charge in [0.05, 0.1) is 31.6 Å². The summed E-state index contributed by atoms with van der Waals surface area (Å²) in [6, 6.07) is 10.1. The first kappa shape index (κ1) is 19.8. The second-order valence-corrected chi connectivity index (χ2v) is 7.57. The molecule has 0 aliphatic carbocycles. The molecule has 4 aromatic rings. The summed E-state index contributed by atoms with van der Waals surface area (Å²) in [4.78, 5) is 4.75. The van der Waals surface area contributed by atoms with E-state index in [0.29, 0.717) is 30.9 Å². The molecular formula is C22H23FN6O2. The lowest BCUT2D eigenvalue weighted by atomic mass is 10.2. The van der Waals surface area contributed by atoms with Gasteiger partial charge in [-0.3, -0.25) is 4.68 Å². The van der Waals surface area contributed by atoms with Crippen LogP contribution in [0.3, 0.4) is 0 Å². The summed E-state index contributed by atoms with van der Waals surface area (Å²) in [5.41, 5.74) is 4.00. The van der Waals surface area contributed by atoms with Crippen molar-refractivity contribution >= 4 is 11.2 Å². The molecule has 9 heteroatoms. The number of hydrogen-bond acceptors (Lipinski definition) is 6. The fourth-order valence-electron chi connectivity index (χ4n) is 3.62. The Morgan fingerprint density at radius 1 is 1.13 bits per heavy atom. The lowest BCUT2D eigenvalue weighted by Gasteiger charge is -2.22. The number of halogens is 1. The van der Waals surface area contributed by atoms with Crippen molar-refractivity contribution in [3.63, 3.8) is 0 Å². The summed E-state index contributed by atoms with van der Waals surface area (Å²) in [5, 5.41) is 12.8. The number of fused-ring (bicyclic) bond motifs is 1. The quantitative estimate of drug-likeness (QED) is 0.454. The van der Waals surface area contributed by atoms with Crippen LogP contribution in [0.2, 0.25) is 0 Å². The zero-order valence-electron chi connectivity index (χ0n) is 17.0. The van der Waals surface area contributed by atoms with Crippen LogP contribution >= 0.6 is 0 Å². The average molecular weight is 422 g/mol. The van der Waals surface area contributed by atoms with Gasteiger partial charge in [-0.25, -0.2) is 14.1 Å². The van der Waals surface area contributed by atoms with E-state index in [0.717, 1.165) is 42.7 Å². The highest BCUT2D eigenvalue weighted by atomic mass is 19.1. The number of aromatic nitrogens is 6. The van der Waals surface area contributed by atoms with Gasteiger partial charge in [0.25, 0.3) is 0 Å². The van der Waals surface area contributed by atoms with Crippen LogP contribution in [0.15, 0.2) is 48.8 Å². The molecule has 1 unspecified atom stereocenters. The smallest absolute Gasteiger partial charge is 0.179 e. The Kier molecular flexibility index (Phi) is 5.68. The third-order valence-corrected chi connectivity index (χ3v) is 5.30. The molecule has 0 radical (unpaired) electrons. The maximum absolute atomic E-state index is 13.2. The lowest BCUT2D eigenvalue weighted by molar-refractivity contribution is -0.163. The van der Waals surface area contributed by atoms with Crippen LogP contribution < -0.4 is 0 Å². The van der Waals surface area contributed by atoms with Gasteiger partial charge in [-0.2, -0.15) is 5.10 Å². The molecule has 4 heterocycles. The first-order valence-corrected chi connectivity index (χ1v) is 10.5. The van der Waals surface area contributed by atoms with Crippen molar-refractivity contribution in [2.75, 3.05) is 13.2 Å². The van der Waals surface area contributed by atoms with Gasteiger partial charge in [-0.15, -0.1) is 5.10 Å². The molecule has 1 fully saturated rings. The van der Waals surface area contributed by atoms with Crippen molar-refractivity contribution in [2.24, 2.45) is 0 Å². The number of benzene rings is 1. The molecule has 0 spiro atoms. The van der Waals surface area contributed by atoms with Gasteiger partial charge in [0.1, 0.15) is 11.3 Å². The fourth-order valence-corrected chi connectivity index (χ4v) is 3.62. The Hall–Kier alpha value is -3.17. The van der Waals surface area contributed by atoms with Crippen LogP contribution in [0.5, 0.6) is 0 Å². The standard InChI is InChI=1S/C22H23FN6O2/c23-18-6-4-16(5-7-18)14-29-22-20(26-27-29)9-8-19(25-22)17-13-24-28(15-17)10-12-31-21-3-1-2-11-30-21/h4-9,13,15,21H,1-3,10-12,14H2. The third kappa shape index (κ3) is 4.62. The molecule has 160 valence electrons. The fraction of sp³-hybridized carbons (Fsp3) is 0.364. The normalized spacial score (nSPS) is 16.7. The van der Waals surface area contributed by atoms with Crippen molar-refractivity contribution in [3.05, 3.63) is 60.2 Å². The van der Waals surface area contributed by atoms with Crippen LogP contribution in [-0.4, -0.2) is 49.3 Å². The summed E-state index contributed by atoms with van der Waals surface area (Å²) in [6.07, 6.45) is 6.86. The highest BCUT2D eigenvalue weighted by molar-refractivity contribution is 5.74. The molecule has 8 nitrogen and oxygen atoms in total. The minimum Gasteiger partial charge on any atom is -0.353 e. The SMILES string of the molecule is Fc1ccc(Cn2nnc3ccc(-c4cnn(CCOC5CCCCO5)c4)nc32)cc1. The minimum absolute atomic E-state index is 0.0956. The number of rotatable bonds is 7. The molecule has 0 bridgehead atoms. The lowest BCUT2D eigenvalue weighted by Crippen LogP contribution is -2.24. The van der Waals surface area contributed by atoms with Crippen molar-refractivity contribution in [3.8, 4) is 11.3 Å². The van der Waals surface area contributed by atoms with E-state index in [9.17, 15) is 4.39 Å². The van der Waals surface area contributed by atoms with E-state index in [1.165, 1.54) is 12.1 Å². The van der Waals surface area contributed by atoms with Crippen molar-refractivity contribution < 1.29 is 13.9 Å². The van der Waals surface area contributed by atoms with Gasteiger partial charge in [0.15, 0.2) is 11.9 Å². The topological polar surface area (TPSA) is 79.9 Å². The van der Waals surface area contributed by atoms with Crippen LogP contribution in [0.25, 0.3) is 22.4 Å². The summed E-state index contributed by atoms with van der Waals surface area (Å²) in [6.45, 7) is 2.43. The highest BCUT2D eigenvalue weighted by Gasteiger charge is 2.14. The van der Waals surface area contributed by atoms with Crippen LogP contribution in [0, 0.1) is 5.82 Å². The molecule has 0 N–H and O–H groups in total. The molecular weight excluding hydrogens is 399 g/mol. The zero-order valence-corrected chi connectivity index (χ0v) is 17.0. The maximum Gasteiger partial charge on any atom is 0.179 e. The van der Waals surface area contributed by atoms with E-state index in [1.807, 2.05) is 23.0 Å².